The van der Waals surface area contributed by atoms with Crippen molar-refractivity contribution in [3.63, 3.8) is 0 Å². The number of rotatable bonds is 5. The van der Waals surface area contributed by atoms with Gasteiger partial charge in [0, 0.05) is 23.1 Å². The van der Waals surface area contributed by atoms with E-state index in [4.69, 9.17) is 4.74 Å². The summed E-state index contributed by atoms with van der Waals surface area (Å²) in [7, 11) is 1.64. The molecule has 3 aromatic rings. The zero-order chi connectivity index (χ0) is 18.0. The van der Waals surface area contributed by atoms with E-state index in [0.717, 1.165) is 39.0 Å². The van der Waals surface area contributed by atoms with Gasteiger partial charge in [-0.1, -0.05) is 24.3 Å². The van der Waals surface area contributed by atoms with Crippen LogP contribution in [0.5, 0.6) is 5.75 Å². The van der Waals surface area contributed by atoms with E-state index in [9.17, 15) is 4.79 Å². The number of thiol groups is 1. The molecule has 0 bridgehead atoms. The highest BCUT2D eigenvalue weighted by atomic mass is 32.1. The van der Waals surface area contributed by atoms with Crippen molar-refractivity contribution in [2.45, 2.75) is 25.2 Å². The Labute approximate surface area is 152 Å². The van der Waals surface area contributed by atoms with Crippen LogP contribution in [0.15, 0.2) is 53.6 Å². The number of hydrogen-bond donors (Lipinski definition) is 1. The van der Waals surface area contributed by atoms with E-state index in [1.165, 1.54) is 0 Å². The molecular weight excluding hydrogens is 332 g/mol. The molecule has 2 aromatic carbocycles. The van der Waals surface area contributed by atoms with E-state index in [-0.39, 0.29) is 5.78 Å². The number of imidazole rings is 1. The van der Waals surface area contributed by atoms with Gasteiger partial charge in [0.25, 0.3) is 0 Å². The molecule has 0 unspecified atom stereocenters. The fraction of sp³-hybridized carbons (Fsp3) is 0.200. The number of ketones is 1. The van der Waals surface area contributed by atoms with Crippen molar-refractivity contribution in [2.24, 2.45) is 0 Å². The van der Waals surface area contributed by atoms with Crippen LogP contribution in [0.3, 0.4) is 0 Å². The summed E-state index contributed by atoms with van der Waals surface area (Å²) in [6.45, 7) is 3.56. The number of carbonyl (C=O) groups excluding carboxylic acids is 1. The topological polar surface area (TPSA) is 44.1 Å². The maximum absolute atomic E-state index is 11.2. The predicted octanol–water partition coefficient (Wildman–Crippen LogP) is 4.28. The van der Waals surface area contributed by atoms with E-state index in [0.29, 0.717) is 6.42 Å². The maximum Gasteiger partial charge on any atom is 0.134 e. The number of benzene rings is 2. The van der Waals surface area contributed by atoms with Gasteiger partial charge in [-0.15, -0.1) is 12.6 Å². The highest BCUT2D eigenvalue weighted by molar-refractivity contribution is 7.80. The third-order valence-electron chi connectivity index (χ3n) is 4.03. The zero-order valence-electron chi connectivity index (χ0n) is 14.5. The third kappa shape index (κ3) is 3.77. The van der Waals surface area contributed by atoms with Gasteiger partial charge in [-0.3, -0.25) is 4.79 Å². The quantitative estimate of drug-likeness (QED) is 0.697. The van der Waals surface area contributed by atoms with E-state index in [1.807, 2.05) is 60.2 Å². The molecule has 3 rings (SSSR count). The monoisotopic (exact) mass is 352 g/mol. The van der Waals surface area contributed by atoms with Crippen LogP contribution >= 0.6 is 12.6 Å². The number of Topliss-reactive ketones (excluding diaryl/α,β-unsaturated/α-hetero) is 1. The summed E-state index contributed by atoms with van der Waals surface area (Å²) in [6, 6.07) is 13.7. The Bertz CT molecular complexity index is 914. The van der Waals surface area contributed by atoms with Crippen LogP contribution in [0.25, 0.3) is 16.9 Å². The molecule has 0 radical (unpaired) electrons. The van der Waals surface area contributed by atoms with Crippen molar-refractivity contribution >= 4 is 18.4 Å². The summed E-state index contributed by atoms with van der Waals surface area (Å²) in [5.74, 6) is 1.81. The molecule has 5 heteroatoms. The lowest BCUT2D eigenvalue weighted by atomic mass is 10.1. The molecule has 4 nitrogen and oxygen atoms in total. The molecule has 0 spiro atoms. The van der Waals surface area contributed by atoms with Gasteiger partial charge in [-0.2, -0.15) is 0 Å². The van der Waals surface area contributed by atoms with Gasteiger partial charge in [0.05, 0.1) is 18.5 Å². The van der Waals surface area contributed by atoms with E-state index >= 15 is 0 Å². The van der Waals surface area contributed by atoms with Crippen molar-refractivity contribution in [2.75, 3.05) is 7.11 Å². The average Bonchev–Trinajstić information content (AvgIpc) is 2.96. The summed E-state index contributed by atoms with van der Waals surface area (Å²) in [4.78, 5) is 16.7. The van der Waals surface area contributed by atoms with E-state index in [2.05, 4.69) is 17.6 Å². The predicted molar refractivity (Wildman–Crippen MR) is 102 cm³/mol. The minimum atomic E-state index is 0.161. The molecule has 128 valence electrons. The van der Waals surface area contributed by atoms with Crippen LogP contribution in [0.4, 0.5) is 0 Å². The van der Waals surface area contributed by atoms with Gasteiger partial charge in [-0.25, -0.2) is 4.98 Å². The van der Waals surface area contributed by atoms with Gasteiger partial charge in [-0.05, 0) is 37.6 Å². The normalized spacial score (nSPS) is 10.7. The van der Waals surface area contributed by atoms with Gasteiger partial charge in [0.15, 0.2) is 0 Å². The van der Waals surface area contributed by atoms with E-state index < -0.39 is 0 Å². The number of aryl methyl sites for hydroxylation is 1. The minimum absolute atomic E-state index is 0.161. The first-order valence-electron chi connectivity index (χ1n) is 8.00. The molecule has 0 aliphatic carbocycles. The second kappa shape index (κ2) is 7.15. The summed E-state index contributed by atoms with van der Waals surface area (Å²) in [5.41, 5.74) is 3.87. The minimum Gasteiger partial charge on any atom is -0.497 e. The number of ether oxygens (including phenoxy) is 1. The summed E-state index contributed by atoms with van der Waals surface area (Å²) < 4.78 is 7.25. The van der Waals surface area contributed by atoms with Crippen LogP contribution in [-0.2, 0) is 11.2 Å². The van der Waals surface area contributed by atoms with Crippen LogP contribution in [0.2, 0.25) is 0 Å². The Morgan fingerprint density at radius 1 is 1.20 bits per heavy atom. The lowest BCUT2D eigenvalue weighted by Crippen LogP contribution is -1.97. The SMILES string of the molecule is COc1ccc(-n2cc(-c3ccc(CC(C)=O)cc3)nc2C)c(S)c1. The molecule has 0 saturated heterocycles. The van der Waals surface area contributed by atoms with Crippen molar-refractivity contribution in [1.82, 2.24) is 9.55 Å². The number of hydrogen-bond acceptors (Lipinski definition) is 4. The fourth-order valence-electron chi connectivity index (χ4n) is 2.77. The molecule has 1 heterocycles. The summed E-state index contributed by atoms with van der Waals surface area (Å²) in [5, 5.41) is 0. The third-order valence-corrected chi connectivity index (χ3v) is 4.39. The van der Waals surface area contributed by atoms with Crippen LogP contribution in [-0.4, -0.2) is 22.4 Å². The van der Waals surface area contributed by atoms with Gasteiger partial charge < -0.3 is 9.30 Å². The molecule has 0 fully saturated rings. The molecular formula is C20H20N2O2S. The van der Waals surface area contributed by atoms with Crippen molar-refractivity contribution in [3.8, 4) is 22.7 Å². The highest BCUT2D eigenvalue weighted by Gasteiger charge is 2.11. The van der Waals surface area contributed by atoms with Gasteiger partial charge in [0.2, 0.25) is 0 Å². The number of aromatic nitrogens is 2. The Morgan fingerprint density at radius 2 is 1.92 bits per heavy atom. The van der Waals surface area contributed by atoms with Crippen molar-refractivity contribution < 1.29 is 9.53 Å². The van der Waals surface area contributed by atoms with Crippen LogP contribution in [0, 0.1) is 6.92 Å². The molecule has 0 amide bonds. The molecule has 1 aromatic heterocycles. The van der Waals surface area contributed by atoms with Gasteiger partial charge >= 0.3 is 0 Å². The Hall–Kier alpha value is -2.53. The van der Waals surface area contributed by atoms with Crippen molar-refractivity contribution in [1.29, 1.82) is 0 Å². The molecule has 0 N–H and O–H groups in total. The Morgan fingerprint density at radius 3 is 2.52 bits per heavy atom. The first-order chi connectivity index (χ1) is 12.0. The van der Waals surface area contributed by atoms with Gasteiger partial charge in [0.1, 0.15) is 17.4 Å². The first-order valence-corrected chi connectivity index (χ1v) is 8.45. The average molecular weight is 352 g/mol. The molecule has 0 saturated carbocycles. The summed E-state index contributed by atoms with van der Waals surface area (Å²) >= 11 is 4.56. The highest BCUT2D eigenvalue weighted by Crippen LogP contribution is 2.27. The summed E-state index contributed by atoms with van der Waals surface area (Å²) in [6.07, 6.45) is 2.46. The lowest BCUT2D eigenvalue weighted by molar-refractivity contribution is -0.116. The molecule has 0 atom stereocenters. The zero-order valence-corrected chi connectivity index (χ0v) is 15.4. The maximum atomic E-state index is 11.2. The second-order valence-corrected chi connectivity index (χ2v) is 6.46. The lowest BCUT2D eigenvalue weighted by Gasteiger charge is -2.09. The van der Waals surface area contributed by atoms with Crippen LogP contribution in [0.1, 0.15) is 18.3 Å². The van der Waals surface area contributed by atoms with Crippen molar-refractivity contribution in [3.05, 3.63) is 60.0 Å². The fourth-order valence-corrected chi connectivity index (χ4v) is 3.08. The number of methoxy groups -OCH3 is 1. The second-order valence-electron chi connectivity index (χ2n) is 5.97. The Kier molecular flexibility index (Phi) is 4.95. The Balaban J connectivity index is 1.93. The smallest absolute Gasteiger partial charge is 0.134 e. The standard InChI is InChI=1S/C20H20N2O2S/c1-13(23)10-15-4-6-16(7-5-15)18-12-22(14(2)21-18)19-9-8-17(24-3)11-20(19)25/h4-9,11-12,25H,10H2,1-3H3. The molecule has 25 heavy (non-hydrogen) atoms. The van der Waals surface area contributed by atoms with E-state index in [1.54, 1.807) is 14.0 Å². The molecule has 0 aliphatic heterocycles. The largest absolute Gasteiger partial charge is 0.497 e. The molecule has 0 aliphatic rings. The first kappa shape index (κ1) is 17.3. The van der Waals surface area contributed by atoms with Crippen LogP contribution < -0.4 is 4.74 Å². The number of nitrogens with zero attached hydrogens (tertiary/aromatic N) is 2. The number of carbonyl (C=O) groups is 1.